The summed E-state index contributed by atoms with van der Waals surface area (Å²) >= 11 is 0. The minimum absolute atomic E-state index is 0.353. The zero-order chi connectivity index (χ0) is 14.8. The van der Waals surface area contributed by atoms with Crippen LogP contribution in [0.2, 0.25) is 0 Å². The highest BCUT2D eigenvalue weighted by Gasteiger charge is 2.21. The lowest BCUT2D eigenvalue weighted by molar-refractivity contribution is 0.262. The highest BCUT2D eigenvalue weighted by Crippen LogP contribution is 2.40. The molecular weight excluding hydrogens is 271 g/mol. The molecule has 1 rings (SSSR count). The quantitative estimate of drug-likeness (QED) is 0.513. The molecule has 1 N–H and O–H groups in total. The minimum Gasteiger partial charge on any atom is -0.321 e. The van der Waals surface area contributed by atoms with Crippen LogP contribution in [0.4, 0.5) is 0 Å². The van der Waals surface area contributed by atoms with Crippen LogP contribution in [0, 0.1) is 0 Å². The highest BCUT2D eigenvalue weighted by atomic mass is 31.2. The second-order valence-electron chi connectivity index (χ2n) is 5.18. The van der Waals surface area contributed by atoms with Crippen molar-refractivity contribution in [1.82, 2.24) is 0 Å². The Hall–Kier alpha value is -0.630. The molecule has 1 atom stereocenters. The van der Waals surface area contributed by atoms with Gasteiger partial charge in [0.15, 0.2) is 0 Å². The van der Waals surface area contributed by atoms with Crippen molar-refractivity contribution >= 4 is 12.9 Å². The summed E-state index contributed by atoms with van der Waals surface area (Å²) in [6, 6.07) is 7.29. The topological polar surface area (TPSA) is 46.5 Å². The number of hydrogen-bond acceptors (Lipinski definition) is 2. The van der Waals surface area contributed by atoms with Crippen molar-refractivity contribution in [3.63, 3.8) is 0 Å². The van der Waals surface area contributed by atoms with Crippen molar-refractivity contribution < 1.29 is 14.0 Å². The molecule has 3 nitrogen and oxygen atoms in total. The van der Waals surface area contributed by atoms with E-state index in [0.717, 1.165) is 44.9 Å². The van der Waals surface area contributed by atoms with Crippen molar-refractivity contribution in [2.45, 2.75) is 58.8 Å². The number of unbranched alkanes of at least 4 members (excludes halogenated alkanes) is 4. The van der Waals surface area contributed by atoms with Gasteiger partial charge < -0.3 is 9.42 Å². The Kier molecular flexibility index (Phi) is 8.13. The third-order valence-corrected chi connectivity index (χ3v) is 4.83. The van der Waals surface area contributed by atoms with E-state index in [2.05, 4.69) is 13.8 Å². The van der Waals surface area contributed by atoms with Crippen molar-refractivity contribution in [2.75, 3.05) is 6.61 Å². The summed E-state index contributed by atoms with van der Waals surface area (Å²) in [7, 11) is -3.64. The smallest absolute Gasteiger partial charge is 0.321 e. The molecule has 0 fully saturated rings. The average molecular weight is 298 g/mol. The largest absolute Gasteiger partial charge is 0.358 e. The number of hydrogen-bond donors (Lipinski definition) is 1. The molecule has 4 heteroatoms. The third kappa shape index (κ3) is 6.21. The SMILES string of the molecule is CCCCCCOP(=O)(O)c1ccc(CCCC)cc1. The van der Waals surface area contributed by atoms with E-state index in [1.54, 1.807) is 12.1 Å². The van der Waals surface area contributed by atoms with Gasteiger partial charge in [0.05, 0.1) is 11.9 Å². The third-order valence-electron chi connectivity index (χ3n) is 3.35. The van der Waals surface area contributed by atoms with Gasteiger partial charge in [0.2, 0.25) is 0 Å². The standard InChI is InChI=1S/C16H27O3P/c1-3-5-7-8-14-19-20(17,18)16-12-10-15(11-13-16)9-6-4-2/h10-13H,3-9,14H2,1-2H3,(H,17,18). The molecule has 20 heavy (non-hydrogen) atoms. The van der Waals surface area contributed by atoms with E-state index in [1.165, 1.54) is 5.56 Å². The lowest BCUT2D eigenvalue weighted by Gasteiger charge is -2.12. The first kappa shape index (κ1) is 17.4. The molecule has 1 unspecified atom stereocenters. The van der Waals surface area contributed by atoms with Gasteiger partial charge in [-0.2, -0.15) is 0 Å². The van der Waals surface area contributed by atoms with E-state index >= 15 is 0 Å². The first-order valence-corrected chi connectivity index (χ1v) is 9.24. The molecule has 0 aliphatic carbocycles. The monoisotopic (exact) mass is 298 g/mol. The van der Waals surface area contributed by atoms with Gasteiger partial charge in [0.25, 0.3) is 0 Å². The normalized spacial score (nSPS) is 14.2. The van der Waals surface area contributed by atoms with Crippen LogP contribution in [0.5, 0.6) is 0 Å². The van der Waals surface area contributed by atoms with Gasteiger partial charge in [-0.05, 0) is 37.0 Å². The van der Waals surface area contributed by atoms with E-state index in [1.807, 2.05) is 12.1 Å². The average Bonchev–Trinajstić information content (AvgIpc) is 2.45. The second-order valence-corrected chi connectivity index (χ2v) is 7.00. The van der Waals surface area contributed by atoms with E-state index in [0.29, 0.717) is 11.9 Å². The van der Waals surface area contributed by atoms with Crippen molar-refractivity contribution in [3.05, 3.63) is 29.8 Å². The summed E-state index contributed by atoms with van der Waals surface area (Å²) in [5.41, 5.74) is 1.21. The maximum absolute atomic E-state index is 12.1. The molecule has 0 amide bonds. The van der Waals surface area contributed by atoms with Crippen molar-refractivity contribution in [2.24, 2.45) is 0 Å². The molecule has 114 valence electrons. The van der Waals surface area contributed by atoms with E-state index in [-0.39, 0.29) is 0 Å². The molecule has 0 bridgehead atoms. The van der Waals surface area contributed by atoms with Crippen LogP contribution in [0.3, 0.4) is 0 Å². The van der Waals surface area contributed by atoms with Gasteiger partial charge in [-0.1, -0.05) is 51.7 Å². The first-order chi connectivity index (χ1) is 9.60. The molecule has 0 aliphatic rings. The van der Waals surface area contributed by atoms with E-state index in [9.17, 15) is 9.46 Å². The fourth-order valence-corrected chi connectivity index (χ4v) is 3.08. The molecule has 0 heterocycles. The predicted molar refractivity (Wildman–Crippen MR) is 84.6 cm³/mol. The number of rotatable bonds is 10. The van der Waals surface area contributed by atoms with Crippen LogP contribution in [-0.4, -0.2) is 11.5 Å². The summed E-state index contributed by atoms with van der Waals surface area (Å²) in [6.07, 6.45) is 7.50. The molecule has 0 radical (unpaired) electrons. The molecule has 0 spiro atoms. The van der Waals surface area contributed by atoms with Crippen LogP contribution in [0.25, 0.3) is 0 Å². The van der Waals surface area contributed by atoms with Gasteiger partial charge in [-0.25, -0.2) is 0 Å². The Bertz CT molecular complexity index is 414. The fourth-order valence-electron chi connectivity index (χ4n) is 2.02. The maximum Gasteiger partial charge on any atom is 0.358 e. The fraction of sp³-hybridized carbons (Fsp3) is 0.625. The summed E-state index contributed by atoms with van der Waals surface area (Å²) in [5.74, 6) is 0. The molecule has 1 aromatic carbocycles. The first-order valence-electron chi connectivity index (χ1n) is 7.67. The highest BCUT2D eigenvalue weighted by molar-refractivity contribution is 7.61. The Morgan fingerprint density at radius 3 is 2.25 bits per heavy atom. The van der Waals surface area contributed by atoms with Gasteiger partial charge >= 0.3 is 7.60 Å². The van der Waals surface area contributed by atoms with Crippen LogP contribution in [0.15, 0.2) is 24.3 Å². The van der Waals surface area contributed by atoms with Gasteiger partial charge in [-0.15, -0.1) is 0 Å². The molecule has 0 saturated heterocycles. The Labute approximate surface area is 122 Å². The van der Waals surface area contributed by atoms with Crippen LogP contribution in [0.1, 0.15) is 57.9 Å². The predicted octanol–water partition coefficient (Wildman–Crippen LogP) is 4.44. The zero-order valence-electron chi connectivity index (χ0n) is 12.7. The summed E-state index contributed by atoms with van der Waals surface area (Å²) in [5, 5.41) is 0.397. The molecular formula is C16H27O3P. The molecule has 0 aliphatic heterocycles. The summed E-state index contributed by atoms with van der Waals surface area (Å²) in [6.45, 7) is 4.64. The number of aryl methyl sites for hydroxylation is 1. The molecule has 1 aromatic rings. The summed E-state index contributed by atoms with van der Waals surface area (Å²) < 4.78 is 17.3. The van der Waals surface area contributed by atoms with Crippen LogP contribution < -0.4 is 5.30 Å². The van der Waals surface area contributed by atoms with Gasteiger partial charge in [0.1, 0.15) is 0 Å². The zero-order valence-corrected chi connectivity index (χ0v) is 13.6. The minimum atomic E-state index is -3.64. The van der Waals surface area contributed by atoms with Crippen LogP contribution in [-0.2, 0) is 15.5 Å². The van der Waals surface area contributed by atoms with Gasteiger partial charge in [-0.3, -0.25) is 4.57 Å². The van der Waals surface area contributed by atoms with Gasteiger partial charge in [0, 0.05) is 0 Å². The lowest BCUT2D eigenvalue weighted by atomic mass is 10.1. The second kappa shape index (κ2) is 9.33. The Balaban J connectivity index is 2.47. The lowest BCUT2D eigenvalue weighted by Crippen LogP contribution is -2.08. The Morgan fingerprint density at radius 2 is 1.65 bits per heavy atom. The summed E-state index contributed by atoms with van der Waals surface area (Å²) in [4.78, 5) is 9.94. The van der Waals surface area contributed by atoms with Crippen LogP contribution >= 0.6 is 7.60 Å². The van der Waals surface area contributed by atoms with Crippen molar-refractivity contribution in [3.8, 4) is 0 Å². The maximum atomic E-state index is 12.1. The molecule has 0 saturated carbocycles. The van der Waals surface area contributed by atoms with Crippen molar-refractivity contribution in [1.29, 1.82) is 0 Å². The molecule has 0 aromatic heterocycles. The van der Waals surface area contributed by atoms with E-state index < -0.39 is 7.60 Å². The number of benzene rings is 1. The Morgan fingerprint density at radius 1 is 1.00 bits per heavy atom. The van der Waals surface area contributed by atoms with E-state index in [4.69, 9.17) is 4.52 Å².